The van der Waals surface area contributed by atoms with Gasteiger partial charge in [0.1, 0.15) is 30.5 Å². The van der Waals surface area contributed by atoms with E-state index in [1.54, 1.807) is 19.9 Å². The number of carbonyl (C=O) groups is 3. The van der Waals surface area contributed by atoms with Crippen LogP contribution in [0.25, 0.3) is 0 Å². The first-order chi connectivity index (χ1) is 25.0. The average Bonchev–Trinajstić information content (AvgIpc) is 3.92. The number of esters is 2. The second-order valence-corrected chi connectivity index (χ2v) is 17.0. The number of allylic oxidation sites excluding steroid dienone is 1. The molecule has 0 amide bonds. The van der Waals surface area contributed by atoms with Crippen LogP contribution in [0, 0.1) is 34.3 Å². The fraction of sp³-hybridized carbons (Fsp3) is 0.639. The molecule has 2 aromatic rings. The van der Waals surface area contributed by atoms with Crippen LogP contribution < -0.4 is 9.64 Å². The van der Waals surface area contributed by atoms with Gasteiger partial charge in [-0.25, -0.2) is 8.42 Å². The van der Waals surface area contributed by atoms with Gasteiger partial charge in [-0.1, -0.05) is 45.0 Å². The van der Waals surface area contributed by atoms with E-state index < -0.39 is 73.7 Å². The number of aliphatic hydroxyl groups is 2. The molecule has 1 aliphatic heterocycles. The normalized spacial score (nSPS) is 32.8. The number of aromatic nitrogens is 2. The van der Waals surface area contributed by atoms with Crippen molar-refractivity contribution in [3.63, 3.8) is 0 Å². The van der Waals surface area contributed by atoms with Crippen molar-refractivity contribution >= 4 is 27.6 Å². The number of benzene rings is 1. The van der Waals surface area contributed by atoms with Crippen LogP contribution in [0.1, 0.15) is 59.8 Å². The monoisotopic (exact) mass is 762 g/mol. The number of hydrogen-bond donors (Lipinski definition) is 2. The highest BCUT2D eigenvalue weighted by molar-refractivity contribution is 7.91. The number of aliphatic hydroxyl groups excluding tert-OH is 1. The molecule has 2 saturated carbocycles. The van der Waals surface area contributed by atoms with Crippen LogP contribution in [0.5, 0.6) is 5.88 Å². The summed E-state index contributed by atoms with van der Waals surface area (Å²) in [7, 11) is -4.27. The molecule has 1 saturated heterocycles. The van der Waals surface area contributed by atoms with Crippen molar-refractivity contribution < 1.29 is 66.2 Å². The third-order valence-electron chi connectivity index (χ3n) is 11.3. The summed E-state index contributed by atoms with van der Waals surface area (Å²) in [4.78, 5) is 39.1. The molecular weight excluding hydrogens is 716 g/mol. The Hall–Kier alpha value is -3.90. The summed E-state index contributed by atoms with van der Waals surface area (Å²) in [5.41, 5.74) is -2.55. The number of carbonyl (C=O) groups excluding carboxylic acids is 3. The van der Waals surface area contributed by atoms with E-state index in [1.807, 2.05) is 6.08 Å². The minimum absolute atomic E-state index is 0.00253. The Labute approximate surface area is 306 Å². The van der Waals surface area contributed by atoms with Gasteiger partial charge in [-0.05, 0) is 72.0 Å². The summed E-state index contributed by atoms with van der Waals surface area (Å²) in [5.74, 6) is -3.63. The van der Waals surface area contributed by atoms with E-state index in [-0.39, 0.29) is 79.3 Å². The highest BCUT2D eigenvalue weighted by atomic mass is 32.2. The number of rotatable bonds is 13. The fourth-order valence-corrected chi connectivity index (χ4v) is 9.39. The number of nitrogens with zero attached hydrogens (tertiary/aromatic N) is 2. The zero-order valence-electron chi connectivity index (χ0n) is 30.1. The van der Waals surface area contributed by atoms with Gasteiger partial charge in [0, 0.05) is 0 Å². The standard InChI is InChI=1S/C36H46N2O14S/c1-21-18-25-24(34(25,3)4)12-13-35(20-50-35)31(28-29(41)22(2)19-36(28,43)30(21)42)51-27(40)11-10-26(39)48-16-14-47-15-17-49-32-33(38(44)52-37-32)53(45,46)23-8-6-5-7-9-23/h5-9,18,22,24-25,28-29,31,41,43H,10-17,19-20H2,1-4H3/b21-18+/t22-,24-,25+,28+,29-,31+,35-,36+/m0/s1. The van der Waals surface area contributed by atoms with Gasteiger partial charge in [-0.2, -0.15) is 0 Å². The van der Waals surface area contributed by atoms with Crippen molar-refractivity contribution in [2.45, 2.75) is 93.1 Å². The number of hydrogen-bond acceptors (Lipinski definition) is 15. The topological polar surface area (TPSA) is 228 Å². The maximum absolute atomic E-state index is 13.8. The molecule has 4 aliphatic rings. The van der Waals surface area contributed by atoms with Crippen LogP contribution in [0.2, 0.25) is 0 Å². The quantitative estimate of drug-likeness (QED) is 0.129. The molecule has 17 heteroatoms. The Balaban J connectivity index is 0.982. The first-order valence-electron chi connectivity index (χ1n) is 17.8. The average molecular weight is 763 g/mol. The molecule has 1 spiro atoms. The first-order valence-corrected chi connectivity index (χ1v) is 19.2. The minimum Gasteiger partial charge on any atom is -0.463 e. The Morgan fingerprint density at radius 1 is 1.09 bits per heavy atom. The Bertz CT molecular complexity index is 1840. The number of epoxide rings is 1. The van der Waals surface area contributed by atoms with E-state index >= 15 is 0 Å². The summed E-state index contributed by atoms with van der Waals surface area (Å²) in [5, 5.41) is 37.9. The van der Waals surface area contributed by atoms with Gasteiger partial charge >= 0.3 is 22.8 Å². The predicted octanol–water partition coefficient (Wildman–Crippen LogP) is 1.87. The van der Waals surface area contributed by atoms with Gasteiger partial charge in [-0.3, -0.25) is 19.0 Å². The molecule has 3 aliphatic carbocycles. The van der Waals surface area contributed by atoms with E-state index in [9.17, 15) is 38.2 Å². The first kappa shape index (κ1) is 38.8. The van der Waals surface area contributed by atoms with E-state index in [1.165, 1.54) is 24.3 Å². The summed E-state index contributed by atoms with van der Waals surface area (Å²) in [6, 6.07) is 7.23. The molecule has 0 bridgehead atoms. The number of sulfone groups is 1. The molecule has 6 rings (SSSR count). The van der Waals surface area contributed by atoms with Crippen molar-refractivity contribution in [3.05, 3.63) is 47.2 Å². The van der Waals surface area contributed by atoms with Crippen molar-refractivity contribution in [2.24, 2.45) is 29.1 Å². The Kier molecular flexibility index (Phi) is 10.8. The second-order valence-electron chi connectivity index (χ2n) is 15.1. The SMILES string of the molecule is C/C1=C\[C@@H]2[C@H](CC[C@]3(CO3)[C@H](OC(=O)CCC(=O)OCCOCCOc3no[n+]([O-])c3S(=O)(=O)c3ccccc3)[C@H]3[C@@H](O)[C@@H](C)C[C@]3(O)C1=O)C2(C)C. The van der Waals surface area contributed by atoms with Crippen molar-refractivity contribution in [3.8, 4) is 5.88 Å². The molecule has 1 aromatic heterocycles. The molecule has 8 atom stereocenters. The van der Waals surface area contributed by atoms with Crippen molar-refractivity contribution in [1.29, 1.82) is 0 Å². The molecule has 2 N–H and O–H groups in total. The van der Waals surface area contributed by atoms with Gasteiger partial charge in [0.15, 0.2) is 5.78 Å². The molecular formula is C36H46N2O14S. The summed E-state index contributed by atoms with van der Waals surface area (Å²) in [6.07, 6.45) is 0.272. The largest absolute Gasteiger partial charge is 0.463 e. The van der Waals surface area contributed by atoms with Crippen LogP contribution in [0.3, 0.4) is 0 Å². The highest BCUT2D eigenvalue weighted by Gasteiger charge is 2.68. The number of Topliss-reactive ketones (excluding diaryl/α,β-unsaturated/α-hetero) is 1. The molecule has 1 aromatic carbocycles. The molecule has 0 unspecified atom stereocenters. The molecule has 0 radical (unpaired) electrons. The fourth-order valence-electron chi connectivity index (χ4n) is 8.10. The van der Waals surface area contributed by atoms with Gasteiger partial charge in [0.05, 0.1) is 54.7 Å². The van der Waals surface area contributed by atoms with Gasteiger partial charge in [0.25, 0.3) is 9.84 Å². The highest BCUT2D eigenvalue weighted by Crippen LogP contribution is 2.63. The van der Waals surface area contributed by atoms with Crippen LogP contribution in [-0.2, 0) is 43.2 Å². The third-order valence-corrected chi connectivity index (χ3v) is 13.0. The summed E-state index contributed by atoms with van der Waals surface area (Å²) >= 11 is 0. The molecule has 290 valence electrons. The van der Waals surface area contributed by atoms with Crippen LogP contribution in [0.15, 0.2) is 56.5 Å². The van der Waals surface area contributed by atoms with E-state index in [2.05, 4.69) is 23.6 Å². The van der Waals surface area contributed by atoms with E-state index in [0.717, 1.165) is 6.42 Å². The lowest BCUT2D eigenvalue weighted by molar-refractivity contribution is -0.832. The zero-order valence-corrected chi connectivity index (χ0v) is 30.9. The Morgan fingerprint density at radius 3 is 2.47 bits per heavy atom. The van der Waals surface area contributed by atoms with E-state index in [4.69, 9.17) is 23.7 Å². The number of fused-ring (bicyclic) bond motifs is 2. The van der Waals surface area contributed by atoms with Crippen molar-refractivity contribution in [2.75, 3.05) is 33.0 Å². The van der Waals surface area contributed by atoms with Crippen molar-refractivity contribution in [1.82, 2.24) is 5.16 Å². The third kappa shape index (κ3) is 7.58. The van der Waals surface area contributed by atoms with Crippen LogP contribution in [-0.4, -0.2) is 98.0 Å². The maximum atomic E-state index is 13.8. The predicted molar refractivity (Wildman–Crippen MR) is 179 cm³/mol. The molecule has 53 heavy (non-hydrogen) atoms. The molecule has 3 fully saturated rings. The Morgan fingerprint density at radius 2 is 1.77 bits per heavy atom. The molecule has 16 nitrogen and oxygen atoms in total. The zero-order chi connectivity index (χ0) is 38.3. The lowest BCUT2D eigenvalue weighted by Gasteiger charge is -2.38. The minimum atomic E-state index is -4.27. The van der Waals surface area contributed by atoms with Gasteiger partial charge < -0.3 is 39.1 Å². The lowest BCUT2D eigenvalue weighted by Crippen LogP contribution is -2.56. The maximum Gasteiger partial charge on any atom is 0.415 e. The number of ketones is 1. The van der Waals surface area contributed by atoms with Crippen LogP contribution in [0.4, 0.5) is 0 Å². The summed E-state index contributed by atoms with van der Waals surface area (Å²) < 4.78 is 57.8. The van der Waals surface area contributed by atoms with Crippen LogP contribution >= 0.6 is 0 Å². The lowest BCUT2D eigenvalue weighted by atomic mass is 9.74. The smallest absolute Gasteiger partial charge is 0.415 e. The van der Waals surface area contributed by atoms with Gasteiger partial charge in [-0.15, -0.1) is 0 Å². The van der Waals surface area contributed by atoms with Gasteiger partial charge in [0.2, 0.25) is 0 Å². The second kappa shape index (κ2) is 14.7. The molecule has 2 heterocycles. The summed E-state index contributed by atoms with van der Waals surface area (Å²) in [6.45, 7) is 7.44. The van der Waals surface area contributed by atoms with E-state index in [0.29, 0.717) is 12.0 Å². The number of ether oxygens (including phenoxy) is 5.